The number of nitrogens with zero attached hydrogens (tertiary/aromatic N) is 1. The summed E-state index contributed by atoms with van der Waals surface area (Å²) in [5.74, 6) is -1.07. The minimum atomic E-state index is -2.50. The quantitative estimate of drug-likeness (QED) is 0.786. The third-order valence-electron chi connectivity index (χ3n) is 3.20. The first kappa shape index (κ1) is 17.7. The lowest BCUT2D eigenvalue weighted by Crippen LogP contribution is -2.27. The number of rotatable bonds is 6. The van der Waals surface area contributed by atoms with Crippen LogP contribution in [0.3, 0.4) is 0 Å². The number of benzene rings is 2. The van der Waals surface area contributed by atoms with E-state index in [1.807, 2.05) is 0 Å². The molecule has 0 fully saturated rings. The molecule has 2 aromatic rings. The molecule has 0 spiro atoms. The molecule has 2 rings (SSSR count). The maximum Gasteiger partial charge on any atom is 0.335 e. The van der Waals surface area contributed by atoms with Crippen LogP contribution < -0.4 is 4.31 Å². The van der Waals surface area contributed by atoms with E-state index in [1.54, 1.807) is 18.2 Å². The second kappa shape index (κ2) is 7.79. The Balaban J connectivity index is 2.17. The van der Waals surface area contributed by atoms with Gasteiger partial charge in [0.05, 0.1) is 15.6 Å². The van der Waals surface area contributed by atoms with Crippen LogP contribution in [0.4, 0.5) is 5.69 Å². The highest BCUT2D eigenvalue weighted by molar-refractivity contribution is 7.80. The van der Waals surface area contributed by atoms with Gasteiger partial charge in [-0.2, -0.15) is 0 Å². The average molecular weight is 373 g/mol. The standard InChI is InChI=1S/C15H13Cl2NO4S/c16-13-3-1-2-10(14(13)17)8-9-18(23(21)22)12-6-4-11(5-7-12)15(19)20/h1-7H,8-9H2,(H,19,20)(H,21,22)/p-1. The van der Waals surface area contributed by atoms with Crippen molar-refractivity contribution < 1.29 is 18.7 Å². The fourth-order valence-electron chi connectivity index (χ4n) is 2.02. The van der Waals surface area contributed by atoms with Crippen molar-refractivity contribution in [2.75, 3.05) is 10.8 Å². The van der Waals surface area contributed by atoms with Gasteiger partial charge in [-0.05, 0) is 42.3 Å². The minimum absolute atomic E-state index is 0.0864. The summed E-state index contributed by atoms with van der Waals surface area (Å²) in [5, 5.41) is 9.67. The molecule has 0 aliphatic carbocycles. The molecular formula is C15H12Cl2NO4S-. The number of anilines is 1. The Kier molecular flexibility index (Phi) is 6.01. The van der Waals surface area contributed by atoms with E-state index in [-0.39, 0.29) is 12.1 Å². The first-order valence-corrected chi connectivity index (χ1v) is 8.32. The molecule has 1 N–H and O–H groups in total. The van der Waals surface area contributed by atoms with E-state index in [4.69, 9.17) is 28.3 Å². The van der Waals surface area contributed by atoms with Gasteiger partial charge in [-0.15, -0.1) is 0 Å². The monoisotopic (exact) mass is 372 g/mol. The zero-order valence-corrected chi connectivity index (χ0v) is 14.1. The Morgan fingerprint density at radius 3 is 2.39 bits per heavy atom. The second-order valence-electron chi connectivity index (χ2n) is 4.63. The van der Waals surface area contributed by atoms with Gasteiger partial charge in [-0.1, -0.05) is 35.3 Å². The highest BCUT2D eigenvalue weighted by Crippen LogP contribution is 2.26. The number of hydrogen-bond acceptors (Lipinski definition) is 3. The molecule has 0 bridgehead atoms. The van der Waals surface area contributed by atoms with Crippen molar-refractivity contribution in [3.05, 3.63) is 63.6 Å². The van der Waals surface area contributed by atoms with Crippen molar-refractivity contribution in [3.63, 3.8) is 0 Å². The molecule has 5 nitrogen and oxygen atoms in total. The van der Waals surface area contributed by atoms with Crippen molar-refractivity contribution in [2.45, 2.75) is 6.42 Å². The molecule has 0 heterocycles. The maximum atomic E-state index is 11.4. The average Bonchev–Trinajstić information content (AvgIpc) is 2.51. The summed E-state index contributed by atoms with van der Waals surface area (Å²) in [5.41, 5.74) is 1.20. The lowest BCUT2D eigenvalue weighted by atomic mass is 10.1. The fourth-order valence-corrected chi connectivity index (χ4v) is 2.97. The molecule has 1 atom stereocenters. The van der Waals surface area contributed by atoms with Crippen LogP contribution in [0, 0.1) is 0 Å². The van der Waals surface area contributed by atoms with Crippen molar-refractivity contribution in [2.24, 2.45) is 0 Å². The topological polar surface area (TPSA) is 80.7 Å². The predicted molar refractivity (Wildman–Crippen MR) is 89.8 cm³/mol. The van der Waals surface area contributed by atoms with Gasteiger partial charge in [0.15, 0.2) is 0 Å². The van der Waals surface area contributed by atoms with E-state index in [0.29, 0.717) is 22.2 Å². The molecule has 122 valence electrons. The molecule has 0 aliphatic heterocycles. The van der Waals surface area contributed by atoms with Crippen molar-refractivity contribution in [1.82, 2.24) is 0 Å². The molecule has 23 heavy (non-hydrogen) atoms. The number of halogens is 2. The maximum absolute atomic E-state index is 11.4. The van der Waals surface area contributed by atoms with E-state index in [1.165, 1.54) is 24.3 Å². The van der Waals surface area contributed by atoms with E-state index >= 15 is 0 Å². The Morgan fingerprint density at radius 2 is 1.83 bits per heavy atom. The van der Waals surface area contributed by atoms with Gasteiger partial charge < -0.3 is 14.0 Å². The summed E-state index contributed by atoms with van der Waals surface area (Å²) < 4.78 is 24.0. The van der Waals surface area contributed by atoms with Crippen LogP contribution in [0.25, 0.3) is 0 Å². The number of carboxylic acid groups (broad SMARTS) is 1. The first-order chi connectivity index (χ1) is 10.9. The molecule has 0 aliphatic rings. The van der Waals surface area contributed by atoms with Gasteiger partial charge in [-0.25, -0.2) is 4.79 Å². The smallest absolute Gasteiger partial charge is 0.335 e. The molecule has 0 saturated heterocycles. The number of carbonyl (C=O) groups is 1. The molecule has 0 aromatic heterocycles. The van der Waals surface area contributed by atoms with Crippen LogP contribution in [-0.4, -0.2) is 26.4 Å². The lowest BCUT2D eigenvalue weighted by molar-refractivity contribution is 0.0697. The Labute approximate surface area is 145 Å². The predicted octanol–water partition coefficient (Wildman–Crippen LogP) is 3.53. The molecule has 2 aromatic carbocycles. The Hall–Kier alpha value is -1.60. The van der Waals surface area contributed by atoms with Crippen molar-refractivity contribution >= 4 is 46.1 Å². The van der Waals surface area contributed by atoms with Crippen molar-refractivity contribution in [3.8, 4) is 0 Å². The van der Waals surface area contributed by atoms with Crippen LogP contribution in [0.15, 0.2) is 42.5 Å². The normalized spacial score (nSPS) is 12.0. The summed E-state index contributed by atoms with van der Waals surface area (Å²) in [7, 11) is 0. The third-order valence-corrected chi connectivity index (χ3v) is 4.81. The molecule has 8 heteroatoms. The summed E-state index contributed by atoms with van der Waals surface area (Å²) in [6.45, 7) is 0.155. The number of hydrogen-bond donors (Lipinski definition) is 1. The largest absolute Gasteiger partial charge is 0.755 e. The van der Waals surface area contributed by atoms with Gasteiger partial charge in [0.2, 0.25) is 0 Å². The van der Waals surface area contributed by atoms with Crippen LogP contribution in [-0.2, 0) is 17.7 Å². The van der Waals surface area contributed by atoms with Crippen molar-refractivity contribution in [1.29, 1.82) is 0 Å². The van der Waals surface area contributed by atoms with Gasteiger partial charge in [0, 0.05) is 23.5 Å². The van der Waals surface area contributed by atoms with E-state index < -0.39 is 17.2 Å². The Morgan fingerprint density at radius 1 is 1.17 bits per heavy atom. The third kappa shape index (κ3) is 4.45. The lowest BCUT2D eigenvalue weighted by Gasteiger charge is -2.26. The summed E-state index contributed by atoms with van der Waals surface area (Å²) in [4.78, 5) is 10.8. The Bertz CT molecular complexity index is 737. The second-order valence-corrected chi connectivity index (χ2v) is 6.29. The van der Waals surface area contributed by atoms with E-state index in [2.05, 4.69) is 0 Å². The fraction of sp³-hybridized carbons (Fsp3) is 0.133. The first-order valence-electron chi connectivity index (χ1n) is 6.53. The van der Waals surface area contributed by atoms with Crippen LogP contribution in [0.5, 0.6) is 0 Å². The zero-order chi connectivity index (χ0) is 17.0. The SMILES string of the molecule is O=C(O)c1ccc(N(CCc2cccc(Cl)c2Cl)S(=O)[O-])cc1. The molecular weight excluding hydrogens is 361 g/mol. The van der Waals surface area contributed by atoms with Gasteiger partial charge in [-0.3, -0.25) is 4.21 Å². The minimum Gasteiger partial charge on any atom is -0.755 e. The van der Waals surface area contributed by atoms with Crippen LogP contribution in [0.2, 0.25) is 10.0 Å². The highest BCUT2D eigenvalue weighted by Gasteiger charge is 2.11. The van der Waals surface area contributed by atoms with E-state index in [9.17, 15) is 13.6 Å². The summed E-state index contributed by atoms with van der Waals surface area (Å²) in [6.07, 6.45) is 0.369. The number of aromatic carboxylic acids is 1. The molecule has 1 unspecified atom stereocenters. The van der Waals surface area contributed by atoms with Crippen LogP contribution >= 0.6 is 23.2 Å². The van der Waals surface area contributed by atoms with Gasteiger partial charge in [0.25, 0.3) is 0 Å². The molecule has 0 radical (unpaired) electrons. The summed E-state index contributed by atoms with van der Waals surface area (Å²) in [6, 6.07) is 10.8. The number of carboxylic acids is 1. The van der Waals surface area contributed by atoms with Gasteiger partial charge >= 0.3 is 5.97 Å². The molecule has 0 amide bonds. The zero-order valence-electron chi connectivity index (χ0n) is 11.7. The summed E-state index contributed by atoms with van der Waals surface area (Å²) >= 11 is 9.52. The highest BCUT2D eigenvalue weighted by atomic mass is 35.5. The van der Waals surface area contributed by atoms with Gasteiger partial charge in [0.1, 0.15) is 0 Å². The van der Waals surface area contributed by atoms with Crippen LogP contribution in [0.1, 0.15) is 15.9 Å². The van der Waals surface area contributed by atoms with E-state index in [0.717, 1.165) is 9.87 Å². The molecule has 0 saturated carbocycles.